The lowest BCUT2D eigenvalue weighted by Crippen LogP contribution is -2.73. The van der Waals surface area contributed by atoms with Crippen LogP contribution in [0.2, 0.25) is 0 Å². The van der Waals surface area contributed by atoms with Crippen LogP contribution in [0.25, 0.3) is 0 Å². The van der Waals surface area contributed by atoms with Crippen molar-refractivity contribution in [2.75, 3.05) is 19.8 Å². The van der Waals surface area contributed by atoms with Gasteiger partial charge in [0, 0.05) is 0 Å². The number of aliphatic hydroxyl groups is 10. The van der Waals surface area contributed by atoms with Crippen molar-refractivity contribution in [2.24, 2.45) is 0 Å². The van der Waals surface area contributed by atoms with E-state index in [2.05, 4.69) is 0 Å². The first-order chi connectivity index (χ1) is 10.7. The maximum absolute atomic E-state index is 10.6. The molecule has 1 fully saturated rings. The standard InChI is InChI=1S/C12H24O11/c13-1-4(16)10(21)12(22,6(17)3-15)11-9(20)8(19)7(18)5(2-14)23-11/h4-11,13-22H,1-3H2/t4-,5-,6+,7-,8+,9-,10-,11?,12-/m1/s1. The van der Waals surface area contributed by atoms with E-state index in [1.807, 2.05) is 0 Å². The van der Waals surface area contributed by atoms with Crippen LogP contribution < -0.4 is 0 Å². The van der Waals surface area contributed by atoms with E-state index in [4.69, 9.17) is 20.1 Å². The molecule has 0 radical (unpaired) electrons. The zero-order valence-corrected chi connectivity index (χ0v) is 12.1. The van der Waals surface area contributed by atoms with E-state index >= 15 is 0 Å². The number of aliphatic hydroxyl groups excluding tert-OH is 9. The summed E-state index contributed by atoms with van der Waals surface area (Å²) < 4.78 is 5.05. The predicted octanol–water partition coefficient (Wildman–Crippen LogP) is -6.37. The molecule has 0 spiro atoms. The van der Waals surface area contributed by atoms with Gasteiger partial charge in [0.1, 0.15) is 54.4 Å². The molecular weight excluding hydrogens is 320 g/mol. The molecule has 1 rings (SSSR count). The molecule has 1 unspecified atom stereocenters. The van der Waals surface area contributed by atoms with Crippen LogP contribution in [-0.2, 0) is 4.74 Å². The summed E-state index contributed by atoms with van der Waals surface area (Å²) in [7, 11) is 0. The van der Waals surface area contributed by atoms with Crippen LogP contribution in [0.15, 0.2) is 0 Å². The van der Waals surface area contributed by atoms with Crippen LogP contribution in [0.3, 0.4) is 0 Å². The third-order valence-corrected chi connectivity index (χ3v) is 4.08. The van der Waals surface area contributed by atoms with Crippen molar-refractivity contribution < 1.29 is 55.8 Å². The lowest BCUT2D eigenvalue weighted by molar-refractivity contribution is -0.312. The molecule has 23 heavy (non-hydrogen) atoms. The first-order valence-corrected chi connectivity index (χ1v) is 6.95. The Morgan fingerprint density at radius 3 is 1.87 bits per heavy atom. The molecule has 9 atom stereocenters. The Balaban J connectivity index is 3.24. The summed E-state index contributed by atoms with van der Waals surface area (Å²) >= 11 is 0. The summed E-state index contributed by atoms with van der Waals surface area (Å²) in [5.41, 5.74) is -2.93. The Hall–Kier alpha value is -0.440. The molecule has 0 aromatic rings. The van der Waals surface area contributed by atoms with Gasteiger partial charge in [-0.15, -0.1) is 0 Å². The first-order valence-electron chi connectivity index (χ1n) is 6.95. The van der Waals surface area contributed by atoms with E-state index in [-0.39, 0.29) is 0 Å². The summed E-state index contributed by atoms with van der Waals surface area (Å²) in [5.74, 6) is 0. The highest BCUT2D eigenvalue weighted by Crippen LogP contribution is 2.34. The second-order valence-corrected chi connectivity index (χ2v) is 5.53. The van der Waals surface area contributed by atoms with Crippen LogP contribution in [-0.4, -0.2) is 125 Å². The van der Waals surface area contributed by atoms with E-state index in [0.29, 0.717) is 0 Å². The van der Waals surface area contributed by atoms with Gasteiger partial charge in [-0.25, -0.2) is 0 Å². The lowest BCUT2D eigenvalue weighted by atomic mass is 9.76. The van der Waals surface area contributed by atoms with Crippen molar-refractivity contribution >= 4 is 0 Å². The maximum Gasteiger partial charge on any atom is 0.150 e. The van der Waals surface area contributed by atoms with E-state index in [1.165, 1.54) is 0 Å². The van der Waals surface area contributed by atoms with E-state index in [1.54, 1.807) is 0 Å². The molecule has 10 N–H and O–H groups in total. The highest BCUT2D eigenvalue weighted by molar-refractivity contribution is 5.08. The minimum atomic E-state index is -2.93. The van der Waals surface area contributed by atoms with Gasteiger partial charge in [-0.1, -0.05) is 0 Å². The fourth-order valence-electron chi connectivity index (χ4n) is 2.59. The maximum atomic E-state index is 10.6. The van der Waals surface area contributed by atoms with Crippen LogP contribution in [0.1, 0.15) is 0 Å². The van der Waals surface area contributed by atoms with E-state index in [9.17, 15) is 35.7 Å². The summed E-state index contributed by atoms with van der Waals surface area (Å²) in [5, 5.41) is 96.4. The molecule has 138 valence electrons. The molecule has 0 amide bonds. The Bertz CT molecular complexity index is 367. The predicted molar refractivity (Wildman–Crippen MR) is 70.9 cm³/mol. The van der Waals surface area contributed by atoms with Crippen LogP contribution >= 0.6 is 0 Å². The van der Waals surface area contributed by atoms with Crippen molar-refractivity contribution in [2.45, 2.75) is 54.4 Å². The molecule has 0 bridgehead atoms. The lowest BCUT2D eigenvalue weighted by Gasteiger charge is -2.50. The second-order valence-electron chi connectivity index (χ2n) is 5.53. The number of hydrogen-bond acceptors (Lipinski definition) is 11. The normalized spacial score (nSPS) is 38.6. The zero-order valence-electron chi connectivity index (χ0n) is 12.1. The zero-order chi connectivity index (χ0) is 17.9. The number of hydrogen-bond donors (Lipinski definition) is 10. The molecule has 11 heteroatoms. The van der Waals surface area contributed by atoms with Gasteiger partial charge in [-0.3, -0.25) is 0 Å². The number of rotatable bonds is 7. The molecule has 1 saturated heterocycles. The SMILES string of the molecule is OC[C@@H](O)[C@@H](O)[C@@](O)(C1O[C@H](CO)[C@@H](O)[C@H](O)[C@H]1O)[C@@H](O)CO. The molecule has 0 aromatic carbocycles. The Morgan fingerprint density at radius 1 is 0.870 bits per heavy atom. The average molecular weight is 344 g/mol. The van der Waals surface area contributed by atoms with Crippen molar-refractivity contribution in [3.63, 3.8) is 0 Å². The third kappa shape index (κ3) is 3.65. The topological polar surface area (TPSA) is 212 Å². The quantitative estimate of drug-likeness (QED) is 0.210. The summed E-state index contributed by atoms with van der Waals surface area (Å²) in [6.45, 7) is -2.98. The number of ether oxygens (including phenoxy) is 1. The first kappa shape index (κ1) is 20.6. The molecule has 0 aliphatic carbocycles. The van der Waals surface area contributed by atoms with E-state index in [0.717, 1.165) is 0 Å². The van der Waals surface area contributed by atoms with Crippen LogP contribution in [0.4, 0.5) is 0 Å². The largest absolute Gasteiger partial charge is 0.394 e. The minimum Gasteiger partial charge on any atom is -0.394 e. The molecule has 0 saturated carbocycles. The van der Waals surface area contributed by atoms with Gasteiger partial charge in [-0.05, 0) is 0 Å². The molecule has 1 heterocycles. The summed E-state index contributed by atoms with van der Waals surface area (Å²) in [6.07, 6.45) is -15.6. The molecular formula is C12H24O11. The fraction of sp³-hybridized carbons (Fsp3) is 1.00. The van der Waals surface area contributed by atoms with Crippen molar-refractivity contribution in [3.05, 3.63) is 0 Å². The van der Waals surface area contributed by atoms with Crippen molar-refractivity contribution in [3.8, 4) is 0 Å². The minimum absolute atomic E-state index is 0.828. The summed E-state index contributed by atoms with van der Waals surface area (Å²) in [6, 6.07) is 0. The second kappa shape index (κ2) is 8.09. The monoisotopic (exact) mass is 344 g/mol. The van der Waals surface area contributed by atoms with Gasteiger partial charge < -0.3 is 55.8 Å². The van der Waals surface area contributed by atoms with E-state index < -0.39 is 74.3 Å². The van der Waals surface area contributed by atoms with Gasteiger partial charge in [0.25, 0.3) is 0 Å². The van der Waals surface area contributed by atoms with Gasteiger partial charge in [0.15, 0.2) is 0 Å². The molecule has 11 nitrogen and oxygen atoms in total. The van der Waals surface area contributed by atoms with Gasteiger partial charge in [0.2, 0.25) is 0 Å². The smallest absolute Gasteiger partial charge is 0.150 e. The molecule has 1 aliphatic heterocycles. The Labute approximate surface area is 131 Å². The fourth-order valence-corrected chi connectivity index (χ4v) is 2.59. The Kier molecular flexibility index (Phi) is 7.25. The third-order valence-electron chi connectivity index (χ3n) is 4.08. The highest BCUT2D eigenvalue weighted by Gasteiger charge is 2.59. The molecule has 0 aromatic heterocycles. The van der Waals surface area contributed by atoms with Crippen molar-refractivity contribution in [1.29, 1.82) is 0 Å². The van der Waals surface area contributed by atoms with Crippen molar-refractivity contribution in [1.82, 2.24) is 0 Å². The summed E-state index contributed by atoms with van der Waals surface area (Å²) in [4.78, 5) is 0. The van der Waals surface area contributed by atoms with Crippen LogP contribution in [0, 0.1) is 0 Å². The van der Waals surface area contributed by atoms with Gasteiger partial charge in [0.05, 0.1) is 19.8 Å². The van der Waals surface area contributed by atoms with Gasteiger partial charge in [-0.2, -0.15) is 0 Å². The Morgan fingerprint density at radius 2 is 1.43 bits per heavy atom. The average Bonchev–Trinajstić information content (AvgIpc) is 2.56. The highest BCUT2D eigenvalue weighted by atomic mass is 16.6. The van der Waals surface area contributed by atoms with Crippen LogP contribution in [0.5, 0.6) is 0 Å². The van der Waals surface area contributed by atoms with Gasteiger partial charge >= 0.3 is 0 Å². The molecule has 1 aliphatic rings.